The Labute approximate surface area is 132 Å². The van der Waals surface area contributed by atoms with Crippen molar-refractivity contribution in [1.29, 1.82) is 0 Å². The van der Waals surface area contributed by atoms with Crippen LogP contribution in [0.4, 0.5) is 0 Å². The Morgan fingerprint density at radius 1 is 1.32 bits per heavy atom. The minimum atomic E-state index is 0.00123. The highest BCUT2D eigenvalue weighted by atomic mass is 16.6. The van der Waals surface area contributed by atoms with Crippen molar-refractivity contribution in [2.75, 3.05) is 19.8 Å². The smallest absolute Gasteiger partial charge is 0.161 e. The zero-order valence-corrected chi connectivity index (χ0v) is 13.6. The molecule has 0 aromatic heterocycles. The molecule has 0 saturated heterocycles. The van der Waals surface area contributed by atoms with E-state index in [1.165, 1.54) is 12.0 Å². The summed E-state index contributed by atoms with van der Waals surface area (Å²) >= 11 is 0. The van der Waals surface area contributed by atoms with E-state index in [1.807, 2.05) is 6.07 Å². The van der Waals surface area contributed by atoms with E-state index in [1.54, 1.807) is 0 Å². The molecule has 0 amide bonds. The van der Waals surface area contributed by atoms with E-state index in [0.29, 0.717) is 19.3 Å². The lowest BCUT2D eigenvalue weighted by Gasteiger charge is -2.34. The molecule has 3 unspecified atom stereocenters. The molecule has 1 aliphatic carbocycles. The van der Waals surface area contributed by atoms with Gasteiger partial charge in [-0.15, -0.1) is 0 Å². The maximum Gasteiger partial charge on any atom is 0.161 e. The molecule has 1 saturated carbocycles. The number of nitrogens with one attached hydrogen (secondary N) is 1. The van der Waals surface area contributed by atoms with Crippen LogP contribution in [0.25, 0.3) is 0 Å². The Hall–Kier alpha value is -1.26. The van der Waals surface area contributed by atoms with E-state index in [0.717, 1.165) is 30.8 Å². The molecule has 3 atom stereocenters. The molecule has 1 heterocycles. The molecule has 3 rings (SSSR count). The summed E-state index contributed by atoms with van der Waals surface area (Å²) in [5.41, 5.74) is 1.24. The average molecular weight is 305 g/mol. The molecular weight excluding hydrogens is 278 g/mol. The topological polar surface area (TPSA) is 50.7 Å². The fraction of sp³-hybridized carbons (Fsp3) is 0.667. The molecule has 0 bridgehead atoms. The number of benzene rings is 1. The van der Waals surface area contributed by atoms with E-state index in [9.17, 15) is 5.11 Å². The van der Waals surface area contributed by atoms with Crippen LogP contribution in [0.1, 0.15) is 51.1 Å². The lowest BCUT2D eigenvalue weighted by atomic mass is 9.85. The maximum absolute atomic E-state index is 9.73. The minimum Gasteiger partial charge on any atom is -0.486 e. The van der Waals surface area contributed by atoms with Crippen LogP contribution in [0.5, 0.6) is 11.5 Å². The van der Waals surface area contributed by atoms with E-state index in [-0.39, 0.29) is 18.1 Å². The van der Waals surface area contributed by atoms with Gasteiger partial charge in [-0.25, -0.2) is 0 Å². The summed E-state index contributed by atoms with van der Waals surface area (Å²) in [6, 6.07) is 6.88. The molecule has 22 heavy (non-hydrogen) atoms. The Balaban J connectivity index is 1.76. The van der Waals surface area contributed by atoms with Crippen LogP contribution >= 0.6 is 0 Å². The van der Waals surface area contributed by atoms with Crippen molar-refractivity contribution < 1.29 is 14.6 Å². The standard InChI is InChI=1S/C18H27NO3/c1-3-14(19-17-5-4-8-18(17,2)12-20)13-6-7-15-16(11-13)22-10-9-21-15/h6-7,11,14,17,19-20H,3-5,8-10,12H2,1-2H3. The third-order valence-electron chi connectivity index (χ3n) is 5.22. The zero-order chi connectivity index (χ0) is 15.6. The average Bonchev–Trinajstić information content (AvgIpc) is 2.93. The Bertz CT molecular complexity index is 519. The van der Waals surface area contributed by atoms with Gasteiger partial charge < -0.3 is 19.9 Å². The first-order valence-electron chi connectivity index (χ1n) is 8.43. The van der Waals surface area contributed by atoms with Crippen LogP contribution in [-0.4, -0.2) is 31.0 Å². The first kappa shape index (κ1) is 15.6. The second-order valence-corrected chi connectivity index (χ2v) is 6.79. The Morgan fingerprint density at radius 3 is 2.82 bits per heavy atom. The maximum atomic E-state index is 9.73. The summed E-state index contributed by atoms with van der Waals surface area (Å²) < 4.78 is 11.3. The number of ether oxygens (including phenoxy) is 2. The molecule has 1 aromatic rings. The third-order valence-corrected chi connectivity index (χ3v) is 5.22. The molecule has 0 radical (unpaired) electrons. The van der Waals surface area contributed by atoms with Crippen LogP contribution in [-0.2, 0) is 0 Å². The van der Waals surface area contributed by atoms with Crippen LogP contribution in [0.3, 0.4) is 0 Å². The van der Waals surface area contributed by atoms with Gasteiger partial charge in [-0.05, 0) is 37.0 Å². The van der Waals surface area contributed by atoms with Crippen molar-refractivity contribution in [3.8, 4) is 11.5 Å². The van der Waals surface area contributed by atoms with Gasteiger partial charge in [-0.1, -0.05) is 26.3 Å². The summed E-state index contributed by atoms with van der Waals surface area (Å²) in [5.74, 6) is 1.69. The first-order chi connectivity index (χ1) is 10.7. The molecule has 1 aromatic carbocycles. The molecule has 4 nitrogen and oxygen atoms in total. The normalized spacial score (nSPS) is 28.6. The summed E-state index contributed by atoms with van der Waals surface area (Å²) in [6.07, 6.45) is 4.43. The van der Waals surface area contributed by atoms with Gasteiger partial charge >= 0.3 is 0 Å². The van der Waals surface area contributed by atoms with Crippen molar-refractivity contribution in [1.82, 2.24) is 5.32 Å². The van der Waals surface area contributed by atoms with Gasteiger partial charge in [0.15, 0.2) is 11.5 Å². The Kier molecular flexibility index (Phi) is 4.59. The van der Waals surface area contributed by atoms with E-state index >= 15 is 0 Å². The zero-order valence-electron chi connectivity index (χ0n) is 13.6. The molecule has 122 valence electrons. The number of aliphatic hydroxyl groups is 1. The van der Waals surface area contributed by atoms with Crippen LogP contribution in [0.15, 0.2) is 18.2 Å². The van der Waals surface area contributed by atoms with Gasteiger partial charge in [0.1, 0.15) is 13.2 Å². The summed E-state index contributed by atoms with van der Waals surface area (Å²) in [5, 5.41) is 13.5. The predicted molar refractivity (Wildman–Crippen MR) is 86.4 cm³/mol. The molecule has 2 aliphatic rings. The van der Waals surface area contributed by atoms with Gasteiger partial charge in [0.2, 0.25) is 0 Å². The van der Waals surface area contributed by atoms with Crippen molar-refractivity contribution in [2.45, 2.75) is 51.6 Å². The lowest BCUT2D eigenvalue weighted by Crippen LogP contribution is -2.43. The highest BCUT2D eigenvalue weighted by molar-refractivity contribution is 5.44. The van der Waals surface area contributed by atoms with Gasteiger partial charge in [-0.3, -0.25) is 0 Å². The van der Waals surface area contributed by atoms with Crippen molar-refractivity contribution in [3.05, 3.63) is 23.8 Å². The fourth-order valence-electron chi connectivity index (χ4n) is 3.68. The largest absolute Gasteiger partial charge is 0.486 e. The van der Waals surface area contributed by atoms with Crippen molar-refractivity contribution in [2.24, 2.45) is 5.41 Å². The summed E-state index contributed by atoms with van der Waals surface area (Å²) in [4.78, 5) is 0. The summed E-state index contributed by atoms with van der Waals surface area (Å²) in [6.45, 7) is 5.88. The van der Waals surface area contributed by atoms with Crippen LogP contribution < -0.4 is 14.8 Å². The van der Waals surface area contributed by atoms with Gasteiger partial charge in [0, 0.05) is 24.1 Å². The van der Waals surface area contributed by atoms with E-state index in [2.05, 4.69) is 31.3 Å². The minimum absolute atomic E-state index is 0.00123. The third kappa shape index (κ3) is 2.95. The monoisotopic (exact) mass is 305 g/mol. The van der Waals surface area contributed by atoms with Gasteiger partial charge in [-0.2, -0.15) is 0 Å². The van der Waals surface area contributed by atoms with Crippen LogP contribution in [0.2, 0.25) is 0 Å². The quantitative estimate of drug-likeness (QED) is 0.878. The number of hydrogen-bond donors (Lipinski definition) is 2. The molecule has 1 aliphatic heterocycles. The molecule has 4 heteroatoms. The highest BCUT2D eigenvalue weighted by Gasteiger charge is 2.39. The van der Waals surface area contributed by atoms with Crippen LogP contribution in [0, 0.1) is 5.41 Å². The first-order valence-corrected chi connectivity index (χ1v) is 8.43. The second kappa shape index (κ2) is 6.47. The SMILES string of the molecule is CCC(NC1CCCC1(C)CO)c1ccc2c(c1)OCCO2. The highest BCUT2D eigenvalue weighted by Crippen LogP contribution is 2.40. The number of fused-ring (bicyclic) bond motifs is 1. The fourth-order valence-corrected chi connectivity index (χ4v) is 3.68. The molecule has 1 fully saturated rings. The van der Waals surface area contributed by atoms with E-state index < -0.39 is 0 Å². The van der Waals surface area contributed by atoms with E-state index in [4.69, 9.17) is 9.47 Å². The second-order valence-electron chi connectivity index (χ2n) is 6.79. The van der Waals surface area contributed by atoms with Crippen molar-refractivity contribution >= 4 is 0 Å². The Morgan fingerprint density at radius 2 is 2.09 bits per heavy atom. The molecular formula is C18H27NO3. The summed E-state index contributed by atoms with van der Waals surface area (Å²) in [7, 11) is 0. The molecule has 2 N–H and O–H groups in total. The lowest BCUT2D eigenvalue weighted by molar-refractivity contribution is 0.113. The van der Waals surface area contributed by atoms with Gasteiger partial charge in [0.25, 0.3) is 0 Å². The number of aliphatic hydroxyl groups excluding tert-OH is 1. The predicted octanol–water partition coefficient (Wildman–Crippen LogP) is 3.05. The number of hydrogen-bond acceptors (Lipinski definition) is 4. The van der Waals surface area contributed by atoms with Crippen molar-refractivity contribution in [3.63, 3.8) is 0 Å². The van der Waals surface area contributed by atoms with Gasteiger partial charge in [0.05, 0.1) is 0 Å². The molecule has 0 spiro atoms. The number of rotatable bonds is 5.